The SMILES string of the molecule is N[C@@H]1CCCc2c(Cl)ccnc21. The molecule has 0 aliphatic heterocycles. The molecule has 0 bridgehead atoms. The smallest absolute Gasteiger partial charge is 0.0617 e. The summed E-state index contributed by atoms with van der Waals surface area (Å²) in [6, 6.07) is 1.92. The molecule has 0 saturated carbocycles. The first-order valence-electron chi connectivity index (χ1n) is 4.18. The largest absolute Gasteiger partial charge is 0.323 e. The van der Waals surface area contributed by atoms with Gasteiger partial charge in [-0.1, -0.05) is 11.6 Å². The fourth-order valence-electron chi connectivity index (χ4n) is 1.69. The summed E-state index contributed by atoms with van der Waals surface area (Å²) in [6.45, 7) is 0. The van der Waals surface area contributed by atoms with Crippen LogP contribution in [-0.2, 0) is 6.42 Å². The van der Waals surface area contributed by atoms with Crippen molar-refractivity contribution >= 4 is 11.6 Å². The molecule has 1 heterocycles. The number of hydrogen-bond acceptors (Lipinski definition) is 2. The van der Waals surface area contributed by atoms with Crippen LogP contribution in [0.5, 0.6) is 0 Å². The van der Waals surface area contributed by atoms with Crippen molar-refractivity contribution in [1.29, 1.82) is 0 Å². The van der Waals surface area contributed by atoms with Crippen LogP contribution >= 0.6 is 11.6 Å². The Morgan fingerprint density at radius 1 is 1.58 bits per heavy atom. The van der Waals surface area contributed by atoms with E-state index in [2.05, 4.69) is 4.98 Å². The highest BCUT2D eigenvalue weighted by Gasteiger charge is 2.19. The van der Waals surface area contributed by atoms with Gasteiger partial charge in [0.05, 0.1) is 5.69 Å². The summed E-state index contributed by atoms with van der Waals surface area (Å²) in [5.41, 5.74) is 8.04. The molecule has 1 atom stereocenters. The molecule has 1 aliphatic rings. The van der Waals surface area contributed by atoms with Crippen molar-refractivity contribution in [2.24, 2.45) is 5.73 Å². The lowest BCUT2D eigenvalue weighted by molar-refractivity contribution is 0.554. The molecule has 0 aromatic carbocycles. The van der Waals surface area contributed by atoms with Gasteiger partial charge in [-0.2, -0.15) is 0 Å². The molecule has 1 aromatic rings. The van der Waals surface area contributed by atoms with Crippen LogP contribution in [0.25, 0.3) is 0 Å². The lowest BCUT2D eigenvalue weighted by Crippen LogP contribution is -2.19. The van der Waals surface area contributed by atoms with Crippen molar-refractivity contribution < 1.29 is 0 Å². The molecule has 0 amide bonds. The third kappa shape index (κ3) is 1.21. The van der Waals surface area contributed by atoms with Gasteiger partial charge < -0.3 is 5.73 Å². The molecule has 0 spiro atoms. The molecule has 0 unspecified atom stereocenters. The Bertz CT molecular complexity index is 299. The van der Waals surface area contributed by atoms with Crippen LogP contribution in [-0.4, -0.2) is 4.98 Å². The zero-order valence-electron chi connectivity index (χ0n) is 6.76. The summed E-state index contributed by atoms with van der Waals surface area (Å²) in [5, 5.41) is 0.815. The first kappa shape index (κ1) is 8.02. The molecule has 1 aromatic heterocycles. The summed E-state index contributed by atoms with van der Waals surface area (Å²) in [6.07, 6.45) is 4.90. The molecule has 1 aliphatic carbocycles. The van der Waals surface area contributed by atoms with E-state index in [0.29, 0.717) is 0 Å². The normalized spacial score (nSPS) is 22.0. The molecule has 12 heavy (non-hydrogen) atoms. The number of rotatable bonds is 0. The molecule has 64 valence electrons. The van der Waals surface area contributed by atoms with Crippen molar-refractivity contribution in [3.8, 4) is 0 Å². The molecule has 2 nitrogen and oxygen atoms in total. The highest BCUT2D eigenvalue weighted by molar-refractivity contribution is 6.31. The highest BCUT2D eigenvalue weighted by atomic mass is 35.5. The van der Waals surface area contributed by atoms with Crippen LogP contribution in [0.2, 0.25) is 5.02 Å². The number of pyridine rings is 1. The summed E-state index contributed by atoms with van der Waals surface area (Å²) in [4.78, 5) is 4.25. The first-order chi connectivity index (χ1) is 5.79. The Morgan fingerprint density at radius 3 is 3.17 bits per heavy atom. The van der Waals surface area contributed by atoms with E-state index < -0.39 is 0 Å². The third-order valence-corrected chi connectivity index (χ3v) is 2.68. The second kappa shape index (κ2) is 3.04. The average Bonchev–Trinajstić information content (AvgIpc) is 2.07. The van der Waals surface area contributed by atoms with Gasteiger partial charge in [-0.15, -0.1) is 0 Å². The van der Waals surface area contributed by atoms with Crippen LogP contribution in [0, 0.1) is 0 Å². The summed E-state index contributed by atoms with van der Waals surface area (Å²) in [5.74, 6) is 0. The van der Waals surface area contributed by atoms with E-state index >= 15 is 0 Å². The topological polar surface area (TPSA) is 38.9 Å². The van der Waals surface area contributed by atoms with Crippen LogP contribution in [0.1, 0.15) is 30.1 Å². The average molecular weight is 183 g/mol. The number of nitrogens with two attached hydrogens (primary N) is 1. The summed E-state index contributed by atoms with van der Waals surface area (Å²) < 4.78 is 0. The third-order valence-electron chi connectivity index (χ3n) is 2.33. The Morgan fingerprint density at radius 2 is 2.42 bits per heavy atom. The molecule has 2 rings (SSSR count). The van der Waals surface area contributed by atoms with Crippen molar-refractivity contribution in [3.63, 3.8) is 0 Å². The van der Waals surface area contributed by atoms with Crippen molar-refractivity contribution in [2.45, 2.75) is 25.3 Å². The van der Waals surface area contributed by atoms with E-state index in [0.717, 1.165) is 35.5 Å². The number of halogens is 1. The van der Waals surface area contributed by atoms with Gasteiger partial charge in [-0.05, 0) is 30.9 Å². The van der Waals surface area contributed by atoms with Gasteiger partial charge in [-0.3, -0.25) is 4.98 Å². The first-order valence-corrected chi connectivity index (χ1v) is 4.55. The van der Waals surface area contributed by atoms with Crippen LogP contribution in [0.4, 0.5) is 0 Å². The van der Waals surface area contributed by atoms with Crippen molar-refractivity contribution in [3.05, 3.63) is 28.5 Å². The van der Waals surface area contributed by atoms with Gasteiger partial charge in [0.1, 0.15) is 0 Å². The van der Waals surface area contributed by atoms with Crippen LogP contribution in [0.3, 0.4) is 0 Å². The predicted molar refractivity (Wildman–Crippen MR) is 49.1 cm³/mol. The Labute approximate surface area is 76.7 Å². The van der Waals surface area contributed by atoms with E-state index in [9.17, 15) is 0 Å². The highest BCUT2D eigenvalue weighted by Crippen LogP contribution is 2.30. The summed E-state index contributed by atoms with van der Waals surface area (Å²) in [7, 11) is 0. The standard InChI is InChI=1S/C9H11ClN2/c10-7-4-5-12-9-6(7)2-1-3-8(9)11/h4-5,8H,1-3,11H2/t8-/m1/s1. The minimum Gasteiger partial charge on any atom is -0.323 e. The van der Waals surface area contributed by atoms with Gasteiger partial charge >= 0.3 is 0 Å². The number of aromatic nitrogens is 1. The minimum absolute atomic E-state index is 0.0902. The second-order valence-corrected chi connectivity index (χ2v) is 3.56. The zero-order valence-corrected chi connectivity index (χ0v) is 7.51. The molecule has 0 fully saturated rings. The zero-order chi connectivity index (χ0) is 8.55. The van der Waals surface area contributed by atoms with E-state index in [4.69, 9.17) is 17.3 Å². The van der Waals surface area contributed by atoms with Crippen molar-refractivity contribution in [1.82, 2.24) is 4.98 Å². The number of hydrogen-bond donors (Lipinski definition) is 1. The van der Waals surface area contributed by atoms with Gasteiger partial charge in [0.2, 0.25) is 0 Å². The fraction of sp³-hybridized carbons (Fsp3) is 0.444. The molecule has 0 radical (unpaired) electrons. The minimum atomic E-state index is 0.0902. The maximum absolute atomic E-state index is 6.01. The van der Waals surface area contributed by atoms with E-state index in [1.165, 1.54) is 0 Å². The van der Waals surface area contributed by atoms with Crippen LogP contribution < -0.4 is 5.73 Å². The molecule has 3 heteroatoms. The Balaban J connectivity index is 2.52. The summed E-state index contributed by atoms with van der Waals surface area (Å²) >= 11 is 6.01. The maximum atomic E-state index is 6.01. The van der Waals surface area contributed by atoms with Crippen LogP contribution in [0.15, 0.2) is 12.3 Å². The molecular formula is C9H11ClN2. The molecule has 2 N–H and O–H groups in total. The lowest BCUT2D eigenvalue weighted by atomic mass is 9.92. The molecule has 0 saturated heterocycles. The fourth-order valence-corrected chi connectivity index (χ4v) is 1.93. The van der Waals surface area contributed by atoms with E-state index in [-0.39, 0.29) is 6.04 Å². The van der Waals surface area contributed by atoms with Gasteiger partial charge in [-0.25, -0.2) is 0 Å². The quantitative estimate of drug-likeness (QED) is 0.667. The second-order valence-electron chi connectivity index (χ2n) is 3.16. The van der Waals surface area contributed by atoms with Gasteiger partial charge in [0.25, 0.3) is 0 Å². The van der Waals surface area contributed by atoms with E-state index in [1.807, 2.05) is 6.07 Å². The van der Waals surface area contributed by atoms with E-state index in [1.54, 1.807) is 6.20 Å². The maximum Gasteiger partial charge on any atom is 0.0617 e. The molecular weight excluding hydrogens is 172 g/mol. The predicted octanol–water partition coefficient (Wildman–Crippen LogP) is 2.07. The lowest BCUT2D eigenvalue weighted by Gasteiger charge is -2.21. The number of fused-ring (bicyclic) bond motifs is 1. The van der Waals surface area contributed by atoms with Gasteiger partial charge in [0, 0.05) is 17.3 Å². The van der Waals surface area contributed by atoms with Crippen molar-refractivity contribution in [2.75, 3.05) is 0 Å². The Kier molecular flexibility index (Phi) is 2.03. The van der Waals surface area contributed by atoms with Gasteiger partial charge in [0.15, 0.2) is 0 Å². The number of nitrogens with zero attached hydrogens (tertiary/aromatic N) is 1. The Hall–Kier alpha value is -0.600. The monoisotopic (exact) mass is 182 g/mol.